The molecule has 4 heteroatoms. The van der Waals surface area contributed by atoms with E-state index >= 15 is 0 Å². The summed E-state index contributed by atoms with van der Waals surface area (Å²) in [5, 5.41) is 0.437. The van der Waals surface area contributed by atoms with Crippen molar-refractivity contribution in [2.45, 2.75) is 51.1 Å². The van der Waals surface area contributed by atoms with E-state index in [1.807, 2.05) is 6.07 Å². The lowest BCUT2D eigenvalue weighted by Gasteiger charge is -2.39. The van der Waals surface area contributed by atoms with E-state index < -0.39 is 0 Å². The Hall–Kier alpha value is -0.640. The van der Waals surface area contributed by atoms with Crippen molar-refractivity contribution in [3.05, 3.63) is 34.6 Å². The third-order valence-electron chi connectivity index (χ3n) is 4.95. The molecule has 1 aromatic carbocycles. The predicted octanol–water partition coefficient (Wildman–Crippen LogP) is 4.38. The number of likely N-dealkylation sites (N-methyl/N-ethyl adjacent to an activating group) is 1. The van der Waals surface area contributed by atoms with E-state index in [0.717, 1.165) is 11.5 Å². The molecule has 1 fully saturated rings. The fourth-order valence-electron chi connectivity index (χ4n) is 3.52. The van der Waals surface area contributed by atoms with Crippen LogP contribution in [0.2, 0.25) is 5.02 Å². The van der Waals surface area contributed by atoms with Crippen LogP contribution in [0.4, 0.5) is 4.39 Å². The highest BCUT2D eigenvalue weighted by Crippen LogP contribution is 2.33. The number of nitrogens with two attached hydrogens (primary N) is 1. The first kappa shape index (κ1) is 16.7. The minimum absolute atomic E-state index is 0.0291. The topological polar surface area (TPSA) is 29.3 Å². The van der Waals surface area contributed by atoms with Crippen LogP contribution in [0.1, 0.15) is 50.6 Å². The van der Waals surface area contributed by atoms with Crippen LogP contribution in [0, 0.1) is 11.7 Å². The van der Waals surface area contributed by atoms with E-state index in [1.165, 1.54) is 38.2 Å². The molecule has 1 unspecified atom stereocenters. The van der Waals surface area contributed by atoms with E-state index in [0.29, 0.717) is 17.6 Å². The minimum atomic E-state index is -0.293. The van der Waals surface area contributed by atoms with Crippen molar-refractivity contribution in [2.24, 2.45) is 11.7 Å². The molecule has 1 aromatic rings. The van der Waals surface area contributed by atoms with Crippen molar-refractivity contribution < 1.29 is 4.39 Å². The third-order valence-corrected chi connectivity index (χ3v) is 5.17. The molecule has 2 rings (SSSR count). The summed E-state index contributed by atoms with van der Waals surface area (Å²) in [6.07, 6.45) is 6.25. The Morgan fingerprint density at radius 3 is 2.48 bits per heavy atom. The van der Waals surface area contributed by atoms with Crippen LogP contribution in [-0.2, 0) is 0 Å². The molecule has 21 heavy (non-hydrogen) atoms. The summed E-state index contributed by atoms with van der Waals surface area (Å²) in [7, 11) is 2.10. The van der Waals surface area contributed by atoms with Crippen molar-refractivity contribution in [3.8, 4) is 0 Å². The van der Waals surface area contributed by atoms with Gasteiger partial charge >= 0.3 is 0 Å². The van der Waals surface area contributed by atoms with Crippen LogP contribution in [0.25, 0.3) is 0 Å². The monoisotopic (exact) mass is 312 g/mol. The molecule has 0 heterocycles. The molecule has 2 nitrogen and oxygen atoms in total. The van der Waals surface area contributed by atoms with Crippen LogP contribution in [0.15, 0.2) is 18.2 Å². The molecule has 0 bridgehead atoms. The molecule has 0 amide bonds. The van der Waals surface area contributed by atoms with Gasteiger partial charge in [0.15, 0.2) is 0 Å². The molecule has 1 atom stereocenters. The van der Waals surface area contributed by atoms with Crippen LogP contribution in [0.3, 0.4) is 0 Å². The summed E-state index contributed by atoms with van der Waals surface area (Å²) >= 11 is 5.98. The van der Waals surface area contributed by atoms with Gasteiger partial charge in [-0.2, -0.15) is 0 Å². The standard InChI is InChI=1S/C17H26ClFN2/c1-3-12-4-6-16(7-5-12)21(2)17(11-20)13-8-14(18)10-15(19)9-13/h8-10,12,16-17H,3-7,11,20H2,1-2H3. The molecule has 0 radical (unpaired) electrons. The van der Waals surface area contributed by atoms with Crippen LogP contribution in [-0.4, -0.2) is 24.5 Å². The number of nitrogens with zero attached hydrogens (tertiary/aromatic N) is 1. The molecule has 0 saturated heterocycles. The van der Waals surface area contributed by atoms with Gasteiger partial charge in [0.2, 0.25) is 0 Å². The molecule has 0 aliphatic heterocycles. The first-order valence-electron chi connectivity index (χ1n) is 7.93. The Balaban J connectivity index is 2.09. The summed E-state index contributed by atoms with van der Waals surface area (Å²) in [5.41, 5.74) is 6.84. The second-order valence-electron chi connectivity index (χ2n) is 6.20. The Labute approximate surface area is 132 Å². The van der Waals surface area contributed by atoms with Gasteiger partial charge in [-0.1, -0.05) is 24.9 Å². The molecule has 118 valence electrons. The maximum Gasteiger partial charge on any atom is 0.125 e. The van der Waals surface area contributed by atoms with Gasteiger partial charge in [-0.05, 0) is 62.4 Å². The number of rotatable bonds is 5. The lowest BCUT2D eigenvalue weighted by Crippen LogP contribution is -2.40. The number of benzene rings is 1. The average Bonchev–Trinajstić information content (AvgIpc) is 2.47. The van der Waals surface area contributed by atoms with Crippen molar-refractivity contribution in [1.29, 1.82) is 0 Å². The number of halogens is 2. The molecule has 2 N–H and O–H groups in total. The van der Waals surface area contributed by atoms with Crippen molar-refractivity contribution >= 4 is 11.6 Å². The summed E-state index contributed by atoms with van der Waals surface area (Å²) in [6.45, 7) is 2.75. The lowest BCUT2D eigenvalue weighted by molar-refractivity contribution is 0.122. The first-order chi connectivity index (χ1) is 10.0. The zero-order valence-electron chi connectivity index (χ0n) is 13.0. The quantitative estimate of drug-likeness (QED) is 0.874. The summed E-state index contributed by atoms with van der Waals surface area (Å²) in [5.74, 6) is 0.577. The molecular weight excluding hydrogens is 287 g/mol. The van der Waals surface area contributed by atoms with Crippen LogP contribution < -0.4 is 5.73 Å². The van der Waals surface area contributed by atoms with E-state index in [4.69, 9.17) is 17.3 Å². The smallest absolute Gasteiger partial charge is 0.125 e. The molecule has 0 spiro atoms. The molecule has 0 aromatic heterocycles. The SMILES string of the molecule is CCC1CCC(N(C)C(CN)c2cc(F)cc(Cl)c2)CC1. The average molecular weight is 313 g/mol. The Kier molecular flexibility index (Phi) is 6.03. The van der Waals surface area contributed by atoms with E-state index in [9.17, 15) is 4.39 Å². The predicted molar refractivity (Wildman–Crippen MR) is 87.0 cm³/mol. The van der Waals surface area contributed by atoms with Gasteiger partial charge in [-0.3, -0.25) is 4.90 Å². The van der Waals surface area contributed by atoms with E-state index in [2.05, 4.69) is 18.9 Å². The molecule has 1 aliphatic rings. The van der Waals surface area contributed by atoms with Gasteiger partial charge in [-0.15, -0.1) is 0 Å². The molecule has 1 aliphatic carbocycles. The number of hydrogen-bond donors (Lipinski definition) is 1. The maximum atomic E-state index is 13.6. The highest BCUT2D eigenvalue weighted by atomic mass is 35.5. The van der Waals surface area contributed by atoms with Crippen LogP contribution in [0.5, 0.6) is 0 Å². The second kappa shape index (κ2) is 7.57. The Bertz CT molecular complexity index is 438. The van der Waals surface area contributed by atoms with E-state index in [-0.39, 0.29) is 11.9 Å². The molecular formula is C17H26ClFN2. The van der Waals surface area contributed by atoms with Gasteiger partial charge in [0, 0.05) is 23.7 Å². The van der Waals surface area contributed by atoms with Crippen molar-refractivity contribution in [3.63, 3.8) is 0 Å². The zero-order chi connectivity index (χ0) is 15.4. The lowest BCUT2D eigenvalue weighted by atomic mass is 9.83. The largest absolute Gasteiger partial charge is 0.329 e. The normalized spacial score (nSPS) is 24.3. The third kappa shape index (κ3) is 4.18. The molecule has 1 saturated carbocycles. The second-order valence-corrected chi connectivity index (χ2v) is 6.64. The van der Waals surface area contributed by atoms with Crippen molar-refractivity contribution in [2.75, 3.05) is 13.6 Å². The van der Waals surface area contributed by atoms with E-state index in [1.54, 1.807) is 6.07 Å². The fourth-order valence-corrected chi connectivity index (χ4v) is 3.75. The summed E-state index contributed by atoms with van der Waals surface area (Å²) < 4.78 is 13.6. The highest BCUT2D eigenvalue weighted by Gasteiger charge is 2.27. The van der Waals surface area contributed by atoms with Gasteiger partial charge in [0.05, 0.1) is 0 Å². The van der Waals surface area contributed by atoms with Crippen molar-refractivity contribution in [1.82, 2.24) is 4.90 Å². The first-order valence-corrected chi connectivity index (χ1v) is 8.31. The highest BCUT2D eigenvalue weighted by molar-refractivity contribution is 6.30. The van der Waals surface area contributed by atoms with Gasteiger partial charge in [0.25, 0.3) is 0 Å². The van der Waals surface area contributed by atoms with Gasteiger partial charge < -0.3 is 5.73 Å². The number of hydrogen-bond acceptors (Lipinski definition) is 2. The van der Waals surface area contributed by atoms with Gasteiger partial charge in [-0.25, -0.2) is 4.39 Å². The minimum Gasteiger partial charge on any atom is -0.329 e. The zero-order valence-corrected chi connectivity index (χ0v) is 13.7. The fraction of sp³-hybridized carbons (Fsp3) is 0.647. The Morgan fingerprint density at radius 2 is 1.95 bits per heavy atom. The van der Waals surface area contributed by atoms with Gasteiger partial charge in [0.1, 0.15) is 5.82 Å². The summed E-state index contributed by atoms with van der Waals surface area (Å²) in [4.78, 5) is 2.32. The maximum absolute atomic E-state index is 13.6. The summed E-state index contributed by atoms with van der Waals surface area (Å²) in [6, 6.07) is 5.28. The Morgan fingerprint density at radius 1 is 1.29 bits per heavy atom. The van der Waals surface area contributed by atoms with Crippen LogP contribution >= 0.6 is 11.6 Å².